The molecule has 0 aliphatic rings. The quantitative estimate of drug-likeness (QED) is 0.739. The molecule has 0 radical (unpaired) electrons. The van der Waals surface area contributed by atoms with Crippen molar-refractivity contribution in [3.8, 4) is 0 Å². The third kappa shape index (κ3) is 4.36. The van der Waals surface area contributed by atoms with Gasteiger partial charge in [0.15, 0.2) is 0 Å². The number of benzene rings is 1. The summed E-state index contributed by atoms with van der Waals surface area (Å²) in [5.41, 5.74) is 0.411. The zero-order chi connectivity index (χ0) is 13.6. The van der Waals surface area contributed by atoms with E-state index in [1.807, 2.05) is 6.92 Å². The van der Waals surface area contributed by atoms with Crippen LogP contribution in [0, 0.1) is 12.7 Å². The summed E-state index contributed by atoms with van der Waals surface area (Å²) in [5.74, 6) is -0.432. The molecule has 0 spiro atoms. The first-order valence-electron chi connectivity index (χ1n) is 5.94. The summed E-state index contributed by atoms with van der Waals surface area (Å²) in [6.45, 7) is 5.57. The summed E-state index contributed by atoms with van der Waals surface area (Å²) < 4.78 is 39.3. The number of nitrogens with one attached hydrogen (secondary N) is 2. The summed E-state index contributed by atoms with van der Waals surface area (Å²) in [6, 6.07) is 3.66. The fourth-order valence-corrected chi connectivity index (χ4v) is 2.89. The van der Waals surface area contributed by atoms with Gasteiger partial charge in [0.2, 0.25) is 10.0 Å². The van der Waals surface area contributed by atoms with Gasteiger partial charge in [-0.1, -0.05) is 6.92 Å². The number of hydrogen-bond donors (Lipinski definition) is 2. The van der Waals surface area contributed by atoms with Crippen LogP contribution in [0.1, 0.15) is 18.9 Å². The average Bonchev–Trinajstić information content (AvgIpc) is 2.28. The molecular weight excluding hydrogens is 255 g/mol. The number of hydrogen-bond acceptors (Lipinski definition) is 3. The van der Waals surface area contributed by atoms with Gasteiger partial charge in [-0.2, -0.15) is 0 Å². The average molecular weight is 274 g/mol. The van der Waals surface area contributed by atoms with Crippen molar-refractivity contribution < 1.29 is 12.8 Å². The number of halogens is 1. The van der Waals surface area contributed by atoms with Gasteiger partial charge in [-0.3, -0.25) is 0 Å². The van der Waals surface area contributed by atoms with Crippen LogP contribution in [0.4, 0.5) is 4.39 Å². The highest BCUT2D eigenvalue weighted by atomic mass is 32.2. The zero-order valence-electron chi connectivity index (χ0n) is 10.7. The van der Waals surface area contributed by atoms with Crippen molar-refractivity contribution in [3.05, 3.63) is 29.6 Å². The van der Waals surface area contributed by atoms with Gasteiger partial charge in [-0.25, -0.2) is 17.5 Å². The molecule has 0 bridgehead atoms. The van der Waals surface area contributed by atoms with Gasteiger partial charge in [0, 0.05) is 6.54 Å². The topological polar surface area (TPSA) is 58.2 Å². The minimum atomic E-state index is -3.54. The van der Waals surface area contributed by atoms with Crippen molar-refractivity contribution in [2.24, 2.45) is 0 Å². The molecule has 1 aromatic rings. The fourth-order valence-electron chi connectivity index (χ4n) is 1.59. The molecule has 0 aliphatic heterocycles. The number of aryl methyl sites for hydroxylation is 1. The van der Waals surface area contributed by atoms with E-state index in [2.05, 4.69) is 10.0 Å². The smallest absolute Gasteiger partial charge is 0.240 e. The molecule has 102 valence electrons. The number of rotatable bonds is 7. The molecule has 1 rings (SSSR count). The Balaban J connectivity index is 2.63. The predicted octanol–water partition coefficient (Wildman–Crippen LogP) is 1.41. The van der Waals surface area contributed by atoms with E-state index >= 15 is 0 Å². The summed E-state index contributed by atoms with van der Waals surface area (Å²) >= 11 is 0. The Morgan fingerprint density at radius 2 is 2.00 bits per heavy atom. The Bertz CT molecular complexity index is 489. The Morgan fingerprint density at radius 1 is 1.28 bits per heavy atom. The fraction of sp³-hybridized carbons (Fsp3) is 0.500. The first-order valence-corrected chi connectivity index (χ1v) is 7.42. The van der Waals surface area contributed by atoms with Gasteiger partial charge in [0.05, 0.1) is 4.90 Å². The van der Waals surface area contributed by atoms with Crippen molar-refractivity contribution in [2.75, 3.05) is 19.6 Å². The Hall–Kier alpha value is -0.980. The van der Waals surface area contributed by atoms with Crippen LogP contribution in [-0.2, 0) is 10.0 Å². The normalized spacial score (nSPS) is 11.7. The zero-order valence-corrected chi connectivity index (χ0v) is 11.5. The van der Waals surface area contributed by atoms with Crippen LogP contribution in [0.3, 0.4) is 0 Å². The van der Waals surface area contributed by atoms with Gasteiger partial charge < -0.3 is 5.32 Å². The molecule has 6 heteroatoms. The maximum Gasteiger partial charge on any atom is 0.240 e. The Kier molecular flexibility index (Phi) is 5.71. The second-order valence-electron chi connectivity index (χ2n) is 4.01. The van der Waals surface area contributed by atoms with Crippen LogP contribution in [-0.4, -0.2) is 28.1 Å². The highest BCUT2D eigenvalue weighted by molar-refractivity contribution is 7.89. The van der Waals surface area contributed by atoms with Crippen LogP contribution in [0.25, 0.3) is 0 Å². The van der Waals surface area contributed by atoms with Crippen molar-refractivity contribution in [2.45, 2.75) is 25.2 Å². The van der Waals surface area contributed by atoms with Crippen molar-refractivity contribution in [3.63, 3.8) is 0 Å². The molecule has 0 unspecified atom stereocenters. The van der Waals surface area contributed by atoms with E-state index in [4.69, 9.17) is 0 Å². The van der Waals surface area contributed by atoms with Gasteiger partial charge in [-0.15, -0.1) is 0 Å². The molecular formula is C12H19FN2O2S. The van der Waals surface area contributed by atoms with Gasteiger partial charge in [0.25, 0.3) is 0 Å². The summed E-state index contributed by atoms with van der Waals surface area (Å²) in [4.78, 5) is 0.132. The maximum absolute atomic E-state index is 12.9. The monoisotopic (exact) mass is 274 g/mol. The molecule has 0 atom stereocenters. The Labute approximate surface area is 108 Å². The lowest BCUT2D eigenvalue weighted by atomic mass is 10.2. The summed E-state index contributed by atoms with van der Waals surface area (Å²) in [5, 5.41) is 3.11. The van der Waals surface area contributed by atoms with Gasteiger partial charge in [-0.05, 0) is 50.2 Å². The largest absolute Gasteiger partial charge is 0.317 e. The highest BCUT2D eigenvalue weighted by Crippen LogP contribution is 2.15. The van der Waals surface area contributed by atoms with Crippen LogP contribution >= 0.6 is 0 Å². The first-order chi connectivity index (χ1) is 8.47. The van der Waals surface area contributed by atoms with E-state index < -0.39 is 15.8 Å². The van der Waals surface area contributed by atoms with Crippen LogP contribution in [0.15, 0.2) is 23.1 Å². The van der Waals surface area contributed by atoms with E-state index in [9.17, 15) is 12.8 Å². The summed E-state index contributed by atoms with van der Waals surface area (Å²) in [6.07, 6.45) is 0.716. The van der Waals surface area contributed by atoms with Gasteiger partial charge >= 0.3 is 0 Å². The Morgan fingerprint density at radius 3 is 2.61 bits per heavy atom. The SMILES string of the molecule is CCNCCCNS(=O)(=O)c1ccc(F)cc1C. The molecule has 0 aliphatic carbocycles. The van der Waals surface area contributed by atoms with E-state index in [1.54, 1.807) is 6.92 Å². The second kappa shape index (κ2) is 6.82. The first kappa shape index (κ1) is 15.1. The second-order valence-corrected chi connectivity index (χ2v) is 5.75. The molecule has 0 amide bonds. The molecule has 2 N–H and O–H groups in total. The minimum Gasteiger partial charge on any atom is -0.317 e. The van der Waals surface area contributed by atoms with E-state index in [0.29, 0.717) is 18.5 Å². The van der Waals surface area contributed by atoms with E-state index in [0.717, 1.165) is 19.2 Å². The lowest BCUT2D eigenvalue weighted by Crippen LogP contribution is -2.28. The molecule has 0 fully saturated rings. The summed E-state index contributed by atoms with van der Waals surface area (Å²) in [7, 11) is -3.54. The lowest BCUT2D eigenvalue weighted by Gasteiger charge is -2.09. The lowest BCUT2D eigenvalue weighted by molar-refractivity contribution is 0.573. The number of sulfonamides is 1. The van der Waals surface area contributed by atoms with Crippen LogP contribution in [0.2, 0.25) is 0 Å². The molecule has 0 heterocycles. The molecule has 1 aromatic carbocycles. The predicted molar refractivity (Wildman–Crippen MR) is 69.5 cm³/mol. The van der Waals surface area contributed by atoms with Gasteiger partial charge in [0.1, 0.15) is 5.82 Å². The maximum atomic E-state index is 12.9. The molecule has 0 saturated carbocycles. The van der Waals surface area contributed by atoms with Crippen molar-refractivity contribution >= 4 is 10.0 Å². The van der Waals surface area contributed by atoms with Crippen LogP contribution < -0.4 is 10.0 Å². The van der Waals surface area contributed by atoms with Crippen molar-refractivity contribution in [1.82, 2.24) is 10.0 Å². The standard InChI is InChI=1S/C12H19FN2O2S/c1-3-14-7-4-8-15-18(16,17)12-6-5-11(13)9-10(12)2/h5-6,9,14-15H,3-4,7-8H2,1-2H3. The van der Waals surface area contributed by atoms with E-state index in [-0.39, 0.29) is 4.90 Å². The third-order valence-corrected chi connectivity index (χ3v) is 4.12. The highest BCUT2D eigenvalue weighted by Gasteiger charge is 2.16. The minimum absolute atomic E-state index is 0.132. The molecule has 0 aromatic heterocycles. The van der Waals surface area contributed by atoms with E-state index in [1.165, 1.54) is 12.1 Å². The molecule has 18 heavy (non-hydrogen) atoms. The molecule has 4 nitrogen and oxygen atoms in total. The third-order valence-electron chi connectivity index (χ3n) is 2.50. The van der Waals surface area contributed by atoms with Crippen LogP contribution in [0.5, 0.6) is 0 Å². The molecule has 0 saturated heterocycles. The van der Waals surface area contributed by atoms with Crippen molar-refractivity contribution in [1.29, 1.82) is 0 Å².